The molecule has 3 heterocycles. The molecule has 2 aromatic heterocycles. The van der Waals surface area contributed by atoms with Crippen molar-refractivity contribution in [2.75, 3.05) is 27.3 Å². The van der Waals surface area contributed by atoms with Gasteiger partial charge in [-0.3, -0.25) is 9.89 Å². The highest BCUT2D eigenvalue weighted by molar-refractivity contribution is 5.96. The minimum absolute atomic E-state index is 0.0843. The van der Waals surface area contributed by atoms with E-state index in [-0.39, 0.29) is 17.9 Å². The van der Waals surface area contributed by atoms with Crippen LogP contribution in [0, 0.1) is 6.92 Å². The largest absolute Gasteiger partial charge is 0.481 e. The van der Waals surface area contributed by atoms with E-state index < -0.39 is 0 Å². The maximum Gasteiger partial charge on any atom is 0.260 e. The van der Waals surface area contributed by atoms with Crippen LogP contribution in [-0.2, 0) is 11.8 Å². The Bertz CT molecular complexity index is 725. The Labute approximate surface area is 140 Å². The van der Waals surface area contributed by atoms with Gasteiger partial charge >= 0.3 is 0 Å². The zero-order valence-corrected chi connectivity index (χ0v) is 14.3. The van der Waals surface area contributed by atoms with E-state index in [4.69, 9.17) is 9.47 Å². The summed E-state index contributed by atoms with van der Waals surface area (Å²) in [5.74, 6) is 1.90. The van der Waals surface area contributed by atoms with Crippen LogP contribution in [0.2, 0.25) is 0 Å². The monoisotopic (exact) mass is 334 g/mol. The van der Waals surface area contributed by atoms with Crippen molar-refractivity contribution < 1.29 is 14.3 Å². The number of carbonyl (C=O) groups excluding carboxylic acids is 1. The minimum atomic E-state index is -0.152. The third-order valence-electron chi connectivity index (χ3n) is 4.26. The summed E-state index contributed by atoms with van der Waals surface area (Å²) in [7, 11) is 5.00. The number of aryl methyl sites for hydroxylation is 2. The smallest absolute Gasteiger partial charge is 0.260 e. The lowest BCUT2D eigenvalue weighted by molar-refractivity contribution is 0.0547. The number of aromatic nitrogens is 5. The molecule has 0 radical (unpaired) electrons. The van der Waals surface area contributed by atoms with Crippen molar-refractivity contribution in [2.45, 2.75) is 25.4 Å². The molecule has 1 amide bonds. The van der Waals surface area contributed by atoms with Crippen LogP contribution in [-0.4, -0.2) is 69.2 Å². The normalized spacial score (nSPS) is 20.3. The van der Waals surface area contributed by atoms with Crippen molar-refractivity contribution in [1.82, 2.24) is 29.9 Å². The fourth-order valence-corrected chi connectivity index (χ4v) is 3.02. The summed E-state index contributed by atoms with van der Waals surface area (Å²) in [6.45, 7) is 2.96. The standard InChI is InChI=1S/C15H22N6O3/c1-9-17-13(19-18-9)10-5-6-24-12(10)8-20(2)14(22)11-7-16-21(3)15(11)23-4/h7,10,12H,5-6,8H2,1-4H3,(H,17,18,19)/t10-,12-/m1/s1. The highest BCUT2D eigenvalue weighted by atomic mass is 16.5. The van der Waals surface area contributed by atoms with Crippen molar-refractivity contribution >= 4 is 5.91 Å². The third-order valence-corrected chi connectivity index (χ3v) is 4.26. The number of likely N-dealkylation sites (N-methyl/N-ethyl adjacent to an activating group) is 1. The maximum absolute atomic E-state index is 12.7. The fourth-order valence-electron chi connectivity index (χ4n) is 3.02. The predicted octanol–water partition coefficient (Wildman–Crippen LogP) is 0.500. The average molecular weight is 334 g/mol. The lowest BCUT2D eigenvalue weighted by Gasteiger charge is -2.23. The Kier molecular flexibility index (Phi) is 4.52. The number of carbonyl (C=O) groups is 1. The molecule has 1 aliphatic heterocycles. The number of hydrogen-bond donors (Lipinski definition) is 1. The zero-order valence-electron chi connectivity index (χ0n) is 14.3. The van der Waals surface area contributed by atoms with Crippen LogP contribution in [0.15, 0.2) is 6.20 Å². The molecule has 2 atom stereocenters. The molecule has 1 fully saturated rings. The van der Waals surface area contributed by atoms with Gasteiger partial charge in [0.1, 0.15) is 11.4 Å². The molecule has 9 heteroatoms. The van der Waals surface area contributed by atoms with Crippen LogP contribution < -0.4 is 4.74 Å². The molecule has 2 aromatic rings. The molecule has 0 bridgehead atoms. The Morgan fingerprint density at radius 1 is 1.58 bits per heavy atom. The predicted molar refractivity (Wildman–Crippen MR) is 84.9 cm³/mol. The van der Waals surface area contributed by atoms with Gasteiger partial charge in [0.25, 0.3) is 5.91 Å². The summed E-state index contributed by atoms with van der Waals surface area (Å²) in [6.07, 6.45) is 2.24. The zero-order chi connectivity index (χ0) is 17.3. The lowest BCUT2D eigenvalue weighted by Crippen LogP contribution is -2.36. The van der Waals surface area contributed by atoms with Gasteiger partial charge in [0, 0.05) is 27.2 Å². The molecule has 1 aliphatic rings. The van der Waals surface area contributed by atoms with Crippen molar-refractivity contribution in [3.8, 4) is 5.88 Å². The van der Waals surface area contributed by atoms with Gasteiger partial charge in [0.15, 0.2) is 5.82 Å². The summed E-state index contributed by atoms with van der Waals surface area (Å²) in [5, 5.41) is 11.2. The molecule has 1 N–H and O–H groups in total. The van der Waals surface area contributed by atoms with E-state index in [9.17, 15) is 4.79 Å². The first kappa shape index (κ1) is 16.4. The molecule has 0 saturated carbocycles. The molecule has 130 valence electrons. The van der Waals surface area contributed by atoms with Crippen molar-refractivity contribution in [1.29, 1.82) is 0 Å². The number of hydrogen-bond acceptors (Lipinski definition) is 6. The van der Waals surface area contributed by atoms with E-state index >= 15 is 0 Å². The quantitative estimate of drug-likeness (QED) is 0.855. The summed E-state index contributed by atoms with van der Waals surface area (Å²) < 4.78 is 12.6. The van der Waals surface area contributed by atoms with Crippen LogP contribution in [0.3, 0.4) is 0 Å². The Morgan fingerprint density at radius 2 is 2.38 bits per heavy atom. The fraction of sp³-hybridized carbons (Fsp3) is 0.600. The Balaban J connectivity index is 1.71. The first-order valence-electron chi connectivity index (χ1n) is 7.83. The number of ether oxygens (including phenoxy) is 2. The van der Waals surface area contributed by atoms with Crippen LogP contribution in [0.1, 0.15) is 34.3 Å². The molecule has 0 aliphatic carbocycles. The molecular weight excluding hydrogens is 312 g/mol. The average Bonchev–Trinajstić information content (AvgIpc) is 3.26. The van der Waals surface area contributed by atoms with Gasteiger partial charge in [-0.05, 0) is 13.3 Å². The second kappa shape index (κ2) is 6.60. The number of methoxy groups -OCH3 is 1. The first-order chi connectivity index (χ1) is 11.5. The summed E-state index contributed by atoms with van der Waals surface area (Å²) >= 11 is 0. The molecule has 0 aromatic carbocycles. The lowest BCUT2D eigenvalue weighted by atomic mass is 10.0. The van der Waals surface area contributed by atoms with Crippen molar-refractivity contribution in [3.63, 3.8) is 0 Å². The Hall–Kier alpha value is -2.42. The molecule has 9 nitrogen and oxygen atoms in total. The third kappa shape index (κ3) is 2.99. The number of nitrogens with zero attached hydrogens (tertiary/aromatic N) is 5. The topological polar surface area (TPSA) is 98.2 Å². The molecule has 0 spiro atoms. The van der Waals surface area contributed by atoms with E-state index in [0.29, 0.717) is 24.6 Å². The van der Waals surface area contributed by atoms with E-state index in [1.165, 1.54) is 18.0 Å². The van der Waals surface area contributed by atoms with Gasteiger partial charge in [-0.25, -0.2) is 9.67 Å². The van der Waals surface area contributed by atoms with Crippen LogP contribution in [0.5, 0.6) is 5.88 Å². The molecule has 1 saturated heterocycles. The SMILES string of the molecule is COc1c(C(=O)N(C)C[C@H]2OCC[C@H]2c2n[nH]c(C)n2)cnn1C. The van der Waals surface area contributed by atoms with E-state index in [2.05, 4.69) is 20.3 Å². The summed E-state index contributed by atoms with van der Waals surface area (Å²) in [6, 6.07) is 0. The van der Waals surface area contributed by atoms with E-state index in [0.717, 1.165) is 18.1 Å². The molecule has 0 unspecified atom stereocenters. The van der Waals surface area contributed by atoms with Gasteiger partial charge in [0.2, 0.25) is 5.88 Å². The first-order valence-corrected chi connectivity index (χ1v) is 7.83. The van der Waals surface area contributed by atoms with Gasteiger partial charge < -0.3 is 14.4 Å². The molecular formula is C15H22N6O3. The van der Waals surface area contributed by atoms with Crippen LogP contribution >= 0.6 is 0 Å². The van der Waals surface area contributed by atoms with E-state index in [1.54, 1.807) is 19.0 Å². The minimum Gasteiger partial charge on any atom is -0.481 e. The highest BCUT2D eigenvalue weighted by Gasteiger charge is 2.34. The number of nitrogens with one attached hydrogen (secondary N) is 1. The second-order valence-corrected chi connectivity index (χ2v) is 5.96. The number of H-pyrrole nitrogens is 1. The number of amides is 1. The maximum atomic E-state index is 12.7. The van der Waals surface area contributed by atoms with Crippen LogP contribution in [0.4, 0.5) is 0 Å². The van der Waals surface area contributed by atoms with Gasteiger partial charge in [-0.1, -0.05) is 0 Å². The van der Waals surface area contributed by atoms with Gasteiger partial charge in [-0.15, -0.1) is 0 Å². The summed E-state index contributed by atoms with van der Waals surface area (Å²) in [4.78, 5) is 18.7. The van der Waals surface area contributed by atoms with Gasteiger partial charge in [-0.2, -0.15) is 10.2 Å². The van der Waals surface area contributed by atoms with Crippen molar-refractivity contribution in [2.24, 2.45) is 7.05 Å². The highest BCUT2D eigenvalue weighted by Crippen LogP contribution is 2.30. The number of aromatic amines is 1. The van der Waals surface area contributed by atoms with Crippen LogP contribution in [0.25, 0.3) is 0 Å². The summed E-state index contributed by atoms with van der Waals surface area (Å²) in [5.41, 5.74) is 0.436. The van der Waals surface area contributed by atoms with Gasteiger partial charge in [0.05, 0.1) is 25.3 Å². The second-order valence-electron chi connectivity index (χ2n) is 5.96. The van der Waals surface area contributed by atoms with Crippen molar-refractivity contribution in [3.05, 3.63) is 23.4 Å². The molecule has 3 rings (SSSR count). The van der Waals surface area contributed by atoms with E-state index in [1.807, 2.05) is 6.92 Å². The number of rotatable bonds is 5. The Morgan fingerprint density at radius 3 is 3.04 bits per heavy atom. The molecule has 24 heavy (non-hydrogen) atoms.